The van der Waals surface area contributed by atoms with Crippen LogP contribution in [0.15, 0.2) is 42.5 Å². The highest BCUT2D eigenvalue weighted by Crippen LogP contribution is 2.13. The van der Waals surface area contributed by atoms with Crippen molar-refractivity contribution in [2.24, 2.45) is 0 Å². The zero-order chi connectivity index (χ0) is 9.64. The zero-order valence-corrected chi connectivity index (χ0v) is 8.36. The van der Waals surface area contributed by atoms with Gasteiger partial charge in [0.15, 0.2) is 0 Å². The van der Waals surface area contributed by atoms with Gasteiger partial charge in [-0.05, 0) is 24.8 Å². The van der Waals surface area contributed by atoms with Crippen LogP contribution in [0.1, 0.15) is 18.4 Å². The van der Waals surface area contributed by atoms with E-state index in [0.29, 0.717) is 6.10 Å². The predicted molar refractivity (Wildman–Crippen MR) is 58.3 cm³/mol. The van der Waals surface area contributed by atoms with Gasteiger partial charge in [-0.3, -0.25) is 0 Å². The maximum absolute atomic E-state index is 5.50. The highest BCUT2D eigenvalue weighted by atomic mass is 16.5. The van der Waals surface area contributed by atoms with Crippen LogP contribution >= 0.6 is 0 Å². The van der Waals surface area contributed by atoms with Crippen molar-refractivity contribution in [2.45, 2.75) is 25.4 Å². The summed E-state index contributed by atoms with van der Waals surface area (Å²) in [6.07, 6.45) is 8.19. The largest absolute Gasteiger partial charge is 0.374 e. The van der Waals surface area contributed by atoms with Crippen molar-refractivity contribution in [2.75, 3.05) is 6.61 Å². The van der Waals surface area contributed by atoms with E-state index in [4.69, 9.17) is 4.74 Å². The van der Waals surface area contributed by atoms with Gasteiger partial charge in [-0.15, -0.1) is 0 Å². The fraction of sp³-hybridized carbons (Fsp3) is 0.385. The number of hydrogen-bond acceptors (Lipinski definition) is 1. The second-order valence-corrected chi connectivity index (χ2v) is 3.67. The van der Waals surface area contributed by atoms with Gasteiger partial charge in [0.2, 0.25) is 0 Å². The van der Waals surface area contributed by atoms with Gasteiger partial charge in [0, 0.05) is 6.61 Å². The summed E-state index contributed by atoms with van der Waals surface area (Å²) in [5, 5.41) is 0. The van der Waals surface area contributed by atoms with E-state index < -0.39 is 0 Å². The Labute approximate surface area is 85.4 Å². The normalized spacial score (nSPS) is 21.9. The van der Waals surface area contributed by atoms with E-state index in [-0.39, 0.29) is 0 Å². The third-order valence-corrected chi connectivity index (χ3v) is 2.51. The van der Waals surface area contributed by atoms with Gasteiger partial charge in [0.25, 0.3) is 0 Å². The monoisotopic (exact) mass is 188 g/mol. The van der Waals surface area contributed by atoms with Crippen LogP contribution in [-0.2, 0) is 11.2 Å². The lowest BCUT2D eigenvalue weighted by molar-refractivity contribution is 0.145. The first kappa shape index (κ1) is 9.47. The summed E-state index contributed by atoms with van der Waals surface area (Å²) in [4.78, 5) is 0. The van der Waals surface area contributed by atoms with Crippen LogP contribution in [0.5, 0.6) is 0 Å². The summed E-state index contributed by atoms with van der Waals surface area (Å²) in [7, 11) is 0. The quantitative estimate of drug-likeness (QED) is 0.663. The summed E-state index contributed by atoms with van der Waals surface area (Å²) in [6, 6.07) is 10.5. The number of ether oxygens (including phenoxy) is 1. The first-order valence-corrected chi connectivity index (χ1v) is 5.27. The lowest BCUT2D eigenvalue weighted by Crippen LogP contribution is -1.98. The SMILES string of the molecule is C(=C\C1CCCO1)/Cc1ccccc1. The van der Waals surface area contributed by atoms with Crippen molar-refractivity contribution < 1.29 is 4.74 Å². The molecule has 1 atom stereocenters. The Hall–Kier alpha value is -1.08. The van der Waals surface area contributed by atoms with Gasteiger partial charge < -0.3 is 4.74 Å². The summed E-state index contributed by atoms with van der Waals surface area (Å²) >= 11 is 0. The van der Waals surface area contributed by atoms with Gasteiger partial charge in [0.1, 0.15) is 0 Å². The molecule has 1 heteroatoms. The Kier molecular flexibility index (Phi) is 3.36. The molecule has 0 radical (unpaired) electrons. The minimum absolute atomic E-state index is 0.374. The molecule has 2 rings (SSSR count). The van der Waals surface area contributed by atoms with Crippen LogP contribution in [-0.4, -0.2) is 12.7 Å². The molecule has 1 saturated heterocycles. The molecule has 1 aliphatic rings. The zero-order valence-electron chi connectivity index (χ0n) is 8.36. The Morgan fingerprint density at radius 2 is 2.14 bits per heavy atom. The molecule has 1 aliphatic heterocycles. The fourth-order valence-corrected chi connectivity index (χ4v) is 1.72. The van der Waals surface area contributed by atoms with Crippen molar-refractivity contribution in [3.8, 4) is 0 Å². The number of benzene rings is 1. The number of hydrogen-bond donors (Lipinski definition) is 0. The van der Waals surface area contributed by atoms with E-state index in [0.717, 1.165) is 13.0 Å². The van der Waals surface area contributed by atoms with E-state index in [2.05, 4.69) is 36.4 Å². The molecule has 1 aromatic rings. The van der Waals surface area contributed by atoms with Gasteiger partial charge >= 0.3 is 0 Å². The second-order valence-electron chi connectivity index (χ2n) is 3.67. The molecule has 1 aromatic carbocycles. The van der Waals surface area contributed by atoms with Crippen molar-refractivity contribution in [1.29, 1.82) is 0 Å². The predicted octanol–water partition coefficient (Wildman–Crippen LogP) is 2.96. The molecule has 14 heavy (non-hydrogen) atoms. The van der Waals surface area contributed by atoms with Crippen LogP contribution in [0.2, 0.25) is 0 Å². The third-order valence-electron chi connectivity index (χ3n) is 2.51. The molecule has 74 valence electrons. The van der Waals surface area contributed by atoms with Gasteiger partial charge in [0.05, 0.1) is 6.10 Å². The average Bonchev–Trinajstić information content (AvgIpc) is 2.72. The maximum Gasteiger partial charge on any atom is 0.0756 e. The van der Waals surface area contributed by atoms with Crippen molar-refractivity contribution in [3.05, 3.63) is 48.0 Å². The van der Waals surface area contributed by atoms with Crippen LogP contribution in [0, 0.1) is 0 Å². The summed E-state index contributed by atoms with van der Waals surface area (Å²) in [5.41, 5.74) is 1.36. The molecule has 0 spiro atoms. The topological polar surface area (TPSA) is 9.23 Å². The highest BCUT2D eigenvalue weighted by Gasteiger charge is 2.10. The van der Waals surface area contributed by atoms with Gasteiger partial charge in [-0.25, -0.2) is 0 Å². The molecule has 0 aliphatic carbocycles. The number of allylic oxidation sites excluding steroid dienone is 1. The third kappa shape index (κ3) is 2.71. The molecule has 0 N–H and O–H groups in total. The Morgan fingerprint density at radius 1 is 1.29 bits per heavy atom. The van der Waals surface area contributed by atoms with Crippen LogP contribution in [0.3, 0.4) is 0 Å². The average molecular weight is 188 g/mol. The summed E-state index contributed by atoms with van der Waals surface area (Å²) in [5.74, 6) is 0. The van der Waals surface area contributed by atoms with E-state index in [1.807, 2.05) is 6.07 Å². The molecule has 1 fully saturated rings. The van der Waals surface area contributed by atoms with E-state index >= 15 is 0 Å². The Morgan fingerprint density at radius 3 is 2.86 bits per heavy atom. The molecular weight excluding hydrogens is 172 g/mol. The van der Waals surface area contributed by atoms with Crippen molar-refractivity contribution in [1.82, 2.24) is 0 Å². The molecule has 0 aromatic heterocycles. The number of rotatable bonds is 3. The van der Waals surface area contributed by atoms with Crippen molar-refractivity contribution in [3.63, 3.8) is 0 Å². The van der Waals surface area contributed by atoms with Gasteiger partial charge in [-0.1, -0.05) is 42.5 Å². The first-order chi connectivity index (χ1) is 6.95. The van der Waals surface area contributed by atoms with Crippen molar-refractivity contribution >= 4 is 0 Å². The molecule has 0 saturated carbocycles. The molecule has 0 amide bonds. The van der Waals surface area contributed by atoms with Crippen LogP contribution < -0.4 is 0 Å². The molecule has 1 nitrogen and oxygen atoms in total. The Balaban J connectivity index is 1.81. The lowest BCUT2D eigenvalue weighted by Gasteiger charge is -2.01. The van der Waals surface area contributed by atoms with Crippen LogP contribution in [0.25, 0.3) is 0 Å². The summed E-state index contributed by atoms with van der Waals surface area (Å²) in [6.45, 7) is 0.931. The minimum Gasteiger partial charge on any atom is -0.374 e. The minimum atomic E-state index is 0.374. The van der Waals surface area contributed by atoms with Crippen LogP contribution in [0.4, 0.5) is 0 Å². The Bertz CT molecular complexity index is 283. The smallest absolute Gasteiger partial charge is 0.0756 e. The standard InChI is InChI=1S/C13H16O/c1-2-6-12(7-3-1)8-4-9-13-10-5-11-14-13/h1-4,6-7,9,13H,5,8,10-11H2/b9-4+. The highest BCUT2D eigenvalue weighted by molar-refractivity contribution is 5.17. The van der Waals surface area contributed by atoms with E-state index in [9.17, 15) is 0 Å². The lowest BCUT2D eigenvalue weighted by atomic mass is 10.1. The van der Waals surface area contributed by atoms with Gasteiger partial charge in [-0.2, -0.15) is 0 Å². The second kappa shape index (κ2) is 4.97. The molecule has 1 unspecified atom stereocenters. The molecular formula is C13H16O. The molecule has 0 bridgehead atoms. The summed E-state index contributed by atoms with van der Waals surface area (Å²) < 4.78 is 5.50. The molecule has 1 heterocycles. The maximum atomic E-state index is 5.50. The van der Waals surface area contributed by atoms with E-state index in [1.54, 1.807) is 0 Å². The first-order valence-electron chi connectivity index (χ1n) is 5.27. The fourth-order valence-electron chi connectivity index (χ4n) is 1.72. The van der Waals surface area contributed by atoms with E-state index in [1.165, 1.54) is 18.4 Å².